The van der Waals surface area contributed by atoms with E-state index in [2.05, 4.69) is 43.5 Å². The number of benzene rings is 1. The molecule has 216 valence electrons. The van der Waals surface area contributed by atoms with Crippen LogP contribution in [0.2, 0.25) is 0 Å². The van der Waals surface area contributed by atoms with Crippen LogP contribution in [0.25, 0.3) is 5.57 Å². The molecule has 11 heteroatoms. The van der Waals surface area contributed by atoms with Crippen LogP contribution in [0.4, 0.5) is 36.3 Å². The number of pyridine rings is 1. The number of hydrogen-bond donors (Lipinski definition) is 2. The van der Waals surface area contributed by atoms with Gasteiger partial charge in [0.05, 0.1) is 43.2 Å². The second-order valence-electron chi connectivity index (χ2n) is 9.58. The Labute approximate surface area is 242 Å². The van der Waals surface area contributed by atoms with Crippen LogP contribution in [0.3, 0.4) is 0 Å². The molecule has 0 unspecified atom stereocenters. The van der Waals surface area contributed by atoms with Crippen LogP contribution in [-0.2, 0) is 10.7 Å². The topological polar surface area (TPSA) is 87.6 Å². The zero-order valence-corrected chi connectivity index (χ0v) is 22.8. The van der Waals surface area contributed by atoms with E-state index in [0.29, 0.717) is 55.0 Å². The van der Waals surface area contributed by atoms with Crippen molar-refractivity contribution in [1.29, 1.82) is 0 Å². The molecule has 0 saturated carbocycles. The molecule has 0 bridgehead atoms. The molecule has 1 aliphatic carbocycles. The van der Waals surface area contributed by atoms with Crippen molar-refractivity contribution in [3.05, 3.63) is 108 Å². The molecule has 2 N–H and O–H groups in total. The highest BCUT2D eigenvalue weighted by molar-refractivity contribution is 5.80. The van der Waals surface area contributed by atoms with Gasteiger partial charge in [-0.2, -0.15) is 18.9 Å². The summed E-state index contributed by atoms with van der Waals surface area (Å²) in [5, 5.41) is 7.28. The van der Waals surface area contributed by atoms with Gasteiger partial charge in [0.15, 0.2) is 11.6 Å². The Morgan fingerprint density at radius 3 is 2.67 bits per heavy atom. The number of alkyl halides is 2. The van der Waals surface area contributed by atoms with Crippen LogP contribution in [0.1, 0.15) is 29.7 Å². The molecule has 0 spiro atoms. The molecule has 1 aliphatic heterocycles. The van der Waals surface area contributed by atoms with Gasteiger partial charge in [0.2, 0.25) is 5.95 Å². The van der Waals surface area contributed by atoms with Crippen LogP contribution < -0.4 is 15.6 Å². The highest BCUT2D eigenvalue weighted by Gasteiger charge is 2.28. The van der Waals surface area contributed by atoms with Crippen molar-refractivity contribution in [2.24, 2.45) is 5.10 Å². The van der Waals surface area contributed by atoms with E-state index >= 15 is 0 Å². The van der Waals surface area contributed by atoms with Gasteiger partial charge in [-0.1, -0.05) is 37.0 Å². The van der Waals surface area contributed by atoms with E-state index < -0.39 is 11.7 Å². The number of morpholine rings is 1. The van der Waals surface area contributed by atoms with Gasteiger partial charge >= 0.3 is 0 Å². The SMILES string of the molecule is C=CC(F)(F)c1cc(Nc2ccc(/C=N/Nc3ncc(F)c(N4CCOCC4)n3)nc2)cc(C2=CCCC=CC=C2)c1. The summed E-state index contributed by atoms with van der Waals surface area (Å²) in [6.45, 7) is 5.39. The quantitative estimate of drug-likeness (QED) is 0.169. The Morgan fingerprint density at radius 2 is 1.88 bits per heavy atom. The lowest BCUT2D eigenvalue weighted by atomic mass is 9.96. The Morgan fingerprint density at radius 1 is 1.02 bits per heavy atom. The third kappa shape index (κ3) is 7.29. The van der Waals surface area contributed by atoms with Gasteiger partial charge in [0.1, 0.15) is 0 Å². The second-order valence-corrected chi connectivity index (χ2v) is 9.58. The predicted molar refractivity (Wildman–Crippen MR) is 160 cm³/mol. The van der Waals surface area contributed by atoms with E-state index in [1.165, 1.54) is 18.3 Å². The number of hydrogen-bond acceptors (Lipinski definition) is 8. The average molecular weight is 574 g/mol. The predicted octanol–water partition coefficient (Wildman–Crippen LogP) is 6.60. The van der Waals surface area contributed by atoms with Gasteiger partial charge in [-0.25, -0.2) is 14.8 Å². The van der Waals surface area contributed by atoms with Gasteiger partial charge < -0.3 is 15.0 Å². The van der Waals surface area contributed by atoms with Crippen molar-refractivity contribution in [2.45, 2.75) is 18.8 Å². The maximum Gasteiger partial charge on any atom is 0.291 e. The molecule has 3 heterocycles. The molecule has 1 saturated heterocycles. The number of rotatable bonds is 9. The van der Waals surface area contributed by atoms with Crippen LogP contribution in [0.15, 0.2) is 90.9 Å². The lowest BCUT2D eigenvalue weighted by Crippen LogP contribution is -2.37. The maximum absolute atomic E-state index is 14.7. The molecule has 0 atom stereocenters. The van der Waals surface area contributed by atoms with Crippen molar-refractivity contribution in [2.75, 3.05) is 41.9 Å². The minimum absolute atomic E-state index is 0.143. The summed E-state index contributed by atoms with van der Waals surface area (Å²) in [6.07, 6.45) is 16.3. The molecule has 5 rings (SSSR count). The molecule has 2 aromatic heterocycles. The Hall–Kier alpha value is -4.77. The minimum Gasteiger partial charge on any atom is -0.378 e. The van der Waals surface area contributed by atoms with Crippen molar-refractivity contribution in [3.63, 3.8) is 0 Å². The summed E-state index contributed by atoms with van der Waals surface area (Å²) in [5.41, 5.74) is 5.69. The van der Waals surface area contributed by atoms with Crippen molar-refractivity contribution < 1.29 is 17.9 Å². The van der Waals surface area contributed by atoms with Crippen molar-refractivity contribution >= 4 is 34.9 Å². The minimum atomic E-state index is -3.19. The summed E-state index contributed by atoms with van der Waals surface area (Å²) in [7, 11) is 0. The number of hydrazone groups is 1. The fourth-order valence-corrected chi connectivity index (χ4v) is 4.42. The molecular weight excluding hydrogens is 543 g/mol. The number of nitrogens with zero attached hydrogens (tertiary/aromatic N) is 5. The van der Waals surface area contributed by atoms with Gasteiger partial charge in [-0.3, -0.25) is 4.98 Å². The van der Waals surface area contributed by atoms with Crippen molar-refractivity contribution in [3.8, 4) is 0 Å². The van der Waals surface area contributed by atoms with E-state index in [0.717, 1.165) is 24.6 Å². The summed E-state index contributed by atoms with van der Waals surface area (Å²) < 4.78 is 48.9. The van der Waals surface area contributed by atoms with Crippen LogP contribution >= 0.6 is 0 Å². The lowest BCUT2D eigenvalue weighted by Gasteiger charge is -2.27. The van der Waals surface area contributed by atoms with Gasteiger partial charge in [0.25, 0.3) is 5.92 Å². The fraction of sp³-hybridized carbons (Fsp3) is 0.226. The monoisotopic (exact) mass is 573 g/mol. The molecule has 42 heavy (non-hydrogen) atoms. The van der Waals surface area contributed by atoms with Gasteiger partial charge in [-0.05, 0) is 60.4 Å². The van der Waals surface area contributed by atoms with E-state index in [-0.39, 0.29) is 17.3 Å². The number of aromatic nitrogens is 3. The summed E-state index contributed by atoms with van der Waals surface area (Å²) in [5.74, 6) is -3.38. The normalized spacial score (nSPS) is 15.7. The largest absolute Gasteiger partial charge is 0.378 e. The molecule has 0 amide bonds. The maximum atomic E-state index is 14.7. The smallest absolute Gasteiger partial charge is 0.291 e. The first-order valence-corrected chi connectivity index (χ1v) is 13.5. The molecule has 3 aromatic rings. The summed E-state index contributed by atoms with van der Waals surface area (Å²) >= 11 is 0. The fourth-order valence-electron chi connectivity index (χ4n) is 4.42. The standard InChI is InChI=1S/C31H30F3N7O/c1-2-31(33,34)24-16-23(22-8-6-4-3-5-7-9-22)17-27(18-24)38-26-11-10-25(35-19-26)20-37-40-30-36-21-28(32)29(39-30)41-12-14-42-15-13-41/h2-4,6,8-11,16-21,38H,1,5,7,12-15H2,(H,36,39,40)/b4-3?,8-6?,22-9?,37-20+. The number of halogens is 3. The Kier molecular flexibility index (Phi) is 9.08. The average Bonchev–Trinajstić information content (AvgIpc) is 2.99. The first-order chi connectivity index (χ1) is 20.4. The summed E-state index contributed by atoms with van der Waals surface area (Å²) in [6, 6.07) is 8.21. The highest BCUT2D eigenvalue weighted by atomic mass is 19.3. The molecular formula is C31H30F3N7O. The van der Waals surface area contributed by atoms with Gasteiger partial charge in [0, 0.05) is 24.3 Å². The van der Waals surface area contributed by atoms with Gasteiger partial charge in [-0.15, -0.1) is 0 Å². The highest BCUT2D eigenvalue weighted by Crippen LogP contribution is 2.35. The van der Waals surface area contributed by atoms with Crippen LogP contribution in [0.5, 0.6) is 0 Å². The number of nitrogens with one attached hydrogen (secondary N) is 2. The molecule has 1 fully saturated rings. The number of anilines is 4. The summed E-state index contributed by atoms with van der Waals surface area (Å²) in [4.78, 5) is 14.3. The first kappa shape index (κ1) is 28.7. The van der Waals surface area contributed by atoms with Crippen molar-refractivity contribution in [1.82, 2.24) is 15.0 Å². The third-order valence-electron chi connectivity index (χ3n) is 6.60. The van der Waals surface area contributed by atoms with Crippen LogP contribution in [0, 0.1) is 5.82 Å². The van der Waals surface area contributed by atoms with E-state index in [1.54, 1.807) is 23.2 Å². The zero-order valence-electron chi connectivity index (χ0n) is 22.8. The first-order valence-electron chi connectivity index (χ1n) is 13.5. The third-order valence-corrected chi connectivity index (χ3v) is 6.60. The van der Waals surface area contributed by atoms with Crippen LogP contribution in [-0.4, -0.2) is 47.5 Å². The van der Waals surface area contributed by atoms with E-state index in [9.17, 15) is 13.2 Å². The second kappa shape index (κ2) is 13.3. The lowest BCUT2D eigenvalue weighted by molar-refractivity contribution is 0.0526. The molecule has 8 nitrogen and oxygen atoms in total. The number of ether oxygens (including phenoxy) is 1. The Balaban J connectivity index is 1.29. The molecule has 2 aliphatic rings. The molecule has 1 aromatic carbocycles. The van der Waals surface area contributed by atoms with E-state index in [1.807, 2.05) is 30.4 Å². The van der Waals surface area contributed by atoms with E-state index in [4.69, 9.17) is 4.74 Å². The number of allylic oxidation sites excluding steroid dienone is 7. The molecule has 0 radical (unpaired) electrons. The zero-order chi connectivity index (χ0) is 29.4. The Bertz CT molecular complexity index is 1530.